The molecule has 0 radical (unpaired) electrons. The van der Waals surface area contributed by atoms with E-state index in [4.69, 9.17) is 0 Å². The highest BCUT2D eigenvalue weighted by molar-refractivity contribution is 5.99. The van der Waals surface area contributed by atoms with Crippen LogP contribution in [0.15, 0.2) is 46.7 Å². The molecule has 4 rings (SSSR count). The number of H-pyrrole nitrogens is 3. The van der Waals surface area contributed by atoms with Gasteiger partial charge in [-0.2, -0.15) is 10.1 Å². The molecule has 0 saturated carbocycles. The number of nitrogens with zero attached hydrogens (tertiary/aromatic N) is 3. The van der Waals surface area contributed by atoms with Crippen molar-refractivity contribution < 1.29 is 0 Å². The molecule has 0 aliphatic heterocycles. The van der Waals surface area contributed by atoms with Crippen LogP contribution in [0.4, 0.5) is 5.95 Å². The molecular weight excluding hydrogens is 282 g/mol. The van der Waals surface area contributed by atoms with Gasteiger partial charge in [-0.15, -0.1) is 0 Å². The second kappa shape index (κ2) is 4.85. The molecule has 0 amide bonds. The lowest BCUT2D eigenvalue weighted by atomic mass is 10.2. The first-order valence-corrected chi connectivity index (χ1v) is 6.60. The molecule has 3 heterocycles. The average Bonchev–Trinajstić information content (AvgIpc) is 3.13. The Bertz CT molecular complexity index is 1040. The Labute approximate surface area is 123 Å². The van der Waals surface area contributed by atoms with E-state index in [0.717, 1.165) is 16.5 Å². The van der Waals surface area contributed by atoms with Gasteiger partial charge in [0.05, 0.1) is 12.5 Å². The number of aromatic nitrogens is 5. The number of imidazole rings is 1. The van der Waals surface area contributed by atoms with Crippen LogP contribution in [0.5, 0.6) is 0 Å². The molecular formula is C14H11N7O. The molecule has 0 atom stereocenters. The highest BCUT2D eigenvalue weighted by Gasteiger charge is 2.05. The molecule has 3 aromatic heterocycles. The number of nitrogens with one attached hydrogen (secondary N) is 4. The number of para-hydroxylation sites is 1. The number of hydrazone groups is 1. The number of hydrogen-bond donors (Lipinski definition) is 4. The van der Waals surface area contributed by atoms with Gasteiger partial charge in [-0.3, -0.25) is 4.79 Å². The van der Waals surface area contributed by atoms with Crippen molar-refractivity contribution in [2.75, 3.05) is 5.43 Å². The lowest BCUT2D eigenvalue weighted by molar-refractivity contribution is 1.15. The van der Waals surface area contributed by atoms with Crippen LogP contribution in [0.3, 0.4) is 0 Å². The van der Waals surface area contributed by atoms with E-state index in [1.165, 1.54) is 6.33 Å². The Morgan fingerprint density at radius 1 is 1.23 bits per heavy atom. The number of rotatable bonds is 3. The van der Waals surface area contributed by atoms with Crippen molar-refractivity contribution in [3.8, 4) is 0 Å². The molecule has 0 aliphatic carbocycles. The van der Waals surface area contributed by atoms with Crippen molar-refractivity contribution in [2.45, 2.75) is 0 Å². The first-order chi connectivity index (χ1) is 10.8. The van der Waals surface area contributed by atoms with Gasteiger partial charge in [-0.1, -0.05) is 18.2 Å². The summed E-state index contributed by atoms with van der Waals surface area (Å²) < 4.78 is 0. The zero-order chi connectivity index (χ0) is 14.9. The zero-order valence-corrected chi connectivity index (χ0v) is 11.3. The molecule has 4 N–H and O–H groups in total. The third-order valence-corrected chi connectivity index (χ3v) is 3.29. The van der Waals surface area contributed by atoms with Gasteiger partial charge in [-0.05, 0) is 6.07 Å². The Balaban J connectivity index is 1.61. The van der Waals surface area contributed by atoms with E-state index in [2.05, 4.69) is 35.4 Å². The fraction of sp³-hybridized carbons (Fsp3) is 0. The second-order valence-corrected chi connectivity index (χ2v) is 4.68. The molecule has 0 aliphatic rings. The van der Waals surface area contributed by atoms with E-state index in [1.54, 1.807) is 6.21 Å². The molecule has 0 bridgehead atoms. The lowest BCUT2D eigenvalue weighted by Crippen LogP contribution is -2.05. The van der Waals surface area contributed by atoms with Crippen molar-refractivity contribution in [3.05, 3.63) is 52.7 Å². The summed E-state index contributed by atoms with van der Waals surface area (Å²) in [6.45, 7) is 0. The predicted octanol–water partition coefficient (Wildman–Crippen LogP) is 1.57. The maximum atomic E-state index is 11.6. The summed E-state index contributed by atoms with van der Waals surface area (Å²) >= 11 is 0. The SMILES string of the molecule is O=c1[nH]cnc2nc(N/N=C\c3c[nH]c4ccccc34)[nH]c12. The Morgan fingerprint density at radius 2 is 2.14 bits per heavy atom. The minimum absolute atomic E-state index is 0.272. The normalized spacial score (nSPS) is 11.6. The Morgan fingerprint density at radius 3 is 3.05 bits per heavy atom. The Hall–Kier alpha value is -3.42. The molecule has 108 valence electrons. The number of anilines is 1. The molecule has 8 nitrogen and oxygen atoms in total. The van der Waals surface area contributed by atoms with Crippen LogP contribution in [0.2, 0.25) is 0 Å². The van der Waals surface area contributed by atoms with Crippen LogP contribution >= 0.6 is 0 Å². The van der Waals surface area contributed by atoms with Gasteiger partial charge < -0.3 is 15.0 Å². The largest absolute Gasteiger partial charge is 0.361 e. The molecule has 0 fully saturated rings. The van der Waals surface area contributed by atoms with Crippen molar-refractivity contribution in [1.29, 1.82) is 0 Å². The summed E-state index contributed by atoms with van der Waals surface area (Å²) in [5, 5.41) is 5.21. The standard InChI is InChI=1S/C14H11N7O/c22-13-11-12(16-7-17-13)20-14(19-11)21-18-6-8-5-15-10-4-2-1-3-9(8)10/h1-7,15H,(H3,16,17,19,20,21,22)/b18-6-. The first kappa shape index (κ1) is 12.3. The quantitative estimate of drug-likeness (QED) is 0.339. The number of aromatic amines is 3. The number of hydrogen-bond acceptors (Lipinski definition) is 5. The van der Waals surface area contributed by atoms with E-state index in [-0.39, 0.29) is 5.56 Å². The molecule has 22 heavy (non-hydrogen) atoms. The fourth-order valence-electron chi connectivity index (χ4n) is 2.26. The molecule has 8 heteroatoms. The van der Waals surface area contributed by atoms with E-state index in [9.17, 15) is 4.79 Å². The molecule has 0 saturated heterocycles. The van der Waals surface area contributed by atoms with Gasteiger partial charge in [0.25, 0.3) is 5.56 Å². The van der Waals surface area contributed by atoms with Gasteiger partial charge >= 0.3 is 0 Å². The maximum absolute atomic E-state index is 11.6. The van der Waals surface area contributed by atoms with Gasteiger partial charge in [-0.25, -0.2) is 10.4 Å². The zero-order valence-electron chi connectivity index (χ0n) is 11.3. The van der Waals surface area contributed by atoms with Crippen LogP contribution in [0, 0.1) is 0 Å². The predicted molar refractivity (Wildman–Crippen MR) is 84.0 cm³/mol. The topological polar surface area (TPSA) is 115 Å². The van der Waals surface area contributed by atoms with E-state index < -0.39 is 0 Å². The smallest absolute Gasteiger partial charge is 0.276 e. The highest BCUT2D eigenvalue weighted by Crippen LogP contribution is 2.15. The third kappa shape index (κ3) is 2.03. The summed E-state index contributed by atoms with van der Waals surface area (Å²) in [4.78, 5) is 28.1. The first-order valence-electron chi connectivity index (χ1n) is 6.60. The minimum Gasteiger partial charge on any atom is -0.361 e. The fourth-order valence-corrected chi connectivity index (χ4v) is 2.26. The minimum atomic E-state index is -0.272. The average molecular weight is 293 g/mol. The van der Waals surface area contributed by atoms with Crippen molar-refractivity contribution >= 4 is 34.2 Å². The summed E-state index contributed by atoms with van der Waals surface area (Å²) in [7, 11) is 0. The van der Waals surface area contributed by atoms with E-state index in [0.29, 0.717) is 17.1 Å². The van der Waals surface area contributed by atoms with Crippen molar-refractivity contribution in [3.63, 3.8) is 0 Å². The highest BCUT2D eigenvalue weighted by atomic mass is 16.1. The van der Waals surface area contributed by atoms with Gasteiger partial charge in [0.1, 0.15) is 0 Å². The summed E-state index contributed by atoms with van der Waals surface area (Å²) in [5.41, 5.74) is 5.14. The second-order valence-electron chi connectivity index (χ2n) is 4.68. The summed E-state index contributed by atoms with van der Waals surface area (Å²) in [5.74, 6) is 0.357. The van der Waals surface area contributed by atoms with E-state index >= 15 is 0 Å². The van der Waals surface area contributed by atoms with E-state index in [1.807, 2.05) is 30.5 Å². The maximum Gasteiger partial charge on any atom is 0.276 e. The third-order valence-electron chi connectivity index (χ3n) is 3.29. The van der Waals surface area contributed by atoms with Gasteiger partial charge in [0, 0.05) is 22.7 Å². The lowest BCUT2D eigenvalue weighted by Gasteiger charge is -1.93. The van der Waals surface area contributed by atoms with Crippen LogP contribution in [0.1, 0.15) is 5.56 Å². The van der Waals surface area contributed by atoms with Crippen LogP contribution < -0.4 is 11.0 Å². The summed E-state index contributed by atoms with van der Waals surface area (Å²) in [6.07, 6.45) is 4.87. The Kier molecular flexibility index (Phi) is 2.72. The van der Waals surface area contributed by atoms with Crippen molar-refractivity contribution in [2.24, 2.45) is 5.10 Å². The molecule has 1 aromatic carbocycles. The van der Waals surface area contributed by atoms with Gasteiger partial charge in [0.15, 0.2) is 11.2 Å². The molecule has 0 unspecified atom stereocenters. The van der Waals surface area contributed by atoms with Crippen LogP contribution in [-0.2, 0) is 0 Å². The number of benzene rings is 1. The summed E-state index contributed by atoms with van der Waals surface area (Å²) in [6, 6.07) is 7.95. The molecule has 4 aromatic rings. The monoisotopic (exact) mass is 293 g/mol. The van der Waals surface area contributed by atoms with Crippen LogP contribution in [0.25, 0.3) is 22.1 Å². The molecule has 0 spiro atoms. The van der Waals surface area contributed by atoms with Crippen molar-refractivity contribution in [1.82, 2.24) is 24.9 Å². The van der Waals surface area contributed by atoms with Crippen LogP contribution in [-0.4, -0.2) is 31.1 Å². The number of fused-ring (bicyclic) bond motifs is 2. The van der Waals surface area contributed by atoms with Gasteiger partial charge in [0.2, 0.25) is 5.95 Å².